The van der Waals surface area contributed by atoms with Gasteiger partial charge in [-0.05, 0) is 30.9 Å². The summed E-state index contributed by atoms with van der Waals surface area (Å²) in [6.07, 6.45) is 1.05. The van der Waals surface area contributed by atoms with Gasteiger partial charge < -0.3 is 20.1 Å². The van der Waals surface area contributed by atoms with Crippen molar-refractivity contribution in [1.82, 2.24) is 10.2 Å². The molecule has 1 saturated heterocycles. The maximum Gasteiger partial charge on any atom is 0.326 e. The molecule has 0 unspecified atom stereocenters. The molecule has 8 heteroatoms. The number of likely N-dealkylation sites (tertiary alicyclic amines) is 1. The lowest BCUT2D eigenvalue weighted by atomic mass is 10.0. The summed E-state index contributed by atoms with van der Waals surface area (Å²) >= 11 is 6.18. The first-order valence-electron chi connectivity index (χ1n) is 8.44. The van der Waals surface area contributed by atoms with Gasteiger partial charge in [-0.25, -0.2) is 4.79 Å². The third-order valence-corrected chi connectivity index (χ3v) is 4.86. The van der Waals surface area contributed by atoms with E-state index in [9.17, 15) is 19.5 Å². The van der Waals surface area contributed by atoms with E-state index < -0.39 is 29.9 Å². The van der Waals surface area contributed by atoms with Gasteiger partial charge in [0.05, 0.1) is 17.7 Å². The summed E-state index contributed by atoms with van der Waals surface area (Å²) in [7, 11) is 1.45. The van der Waals surface area contributed by atoms with Crippen molar-refractivity contribution in [2.45, 2.75) is 38.8 Å². The van der Waals surface area contributed by atoms with E-state index in [4.69, 9.17) is 16.3 Å². The molecule has 142 valence electrons. The lowest BCUT2D eigenvalue weighted by Gasteiger charge is -2.29. The second-order valence-electron chi connectivity index (χ2n) is 6.54. The van der Waals surface area contributed by atoms with Crippen molar-refractivity contribution in [1.29, 1.82) is 0 Å². The van der Waals surface area contributed by atoms with E-state index in [0.29, 0.717) is 25.1 Å². The molecule has 0 saturated carbocycles. The zero-order valence-electron chi connectivity index (χ0n) is 15.0. The smallest absolute Gasteiger partial charge is 0.326 e. The maximum absolute atomic E-state index is 12.9. The highest BCUT2D eigenvalue weighted by Crippen LogP contribution is 2.28. The number of ether oxygens (including phenoxy) is 1. The van der Waals surface area contributed by atoms with Crippen molar-refractivity contribution < 1.29 is 24.2 Å². The lowest BCUT2D eigenvalue weighted by molar-refractivity contribution is -0.149. The van der Waals surface area contributed by atoms with E-state index in [1.807, 2.05) is 0 Å². The highest BCUT2D eigenvalue weighted by molar-refractivity contribution is 6.35. The topological polar surface area (TPSA) is 95.9 Å². The normalized spacial score (nSPS) is 17.9. The average Bonchev–Trinajstić information content (AvgIpc) is 3.08. The van der Waals surface area contributed by atoms with Gasteiger partial charge >= 0.3 is 5.97 Å². The molecule has 1 aromatic rings. The van der Waals surface area contributed by atoms with E-state index in [2.05, 4.69) is 5.32 Å². The van der Waals surface area contributed by atoms with Gasteiger partial charge in [0.2, 0.25) is 5.91 Å². The first-order valence-corrected chi connectivity index (χ1v) is 8.82. The molecule has 0 bridgehead atoms. The second-order valence-corrected chi connectivity index (χ2v) is 6.92. The molecular formula is C18H23ClN2O5. The Morgan fingerprint density at radius 1 is 1.35 bits per heavy atom. The molecule has 0 radical (unpaired) electrons. The fourth-order valence-electron chi connectivity index (χ4n) is 3.04. The minimum atomic E-state index is -1.03. The Hall–Kier alpha value is -2.28. The third-order valence-electron chi connectivity index (χ3n) is 4.47. The molecule has 2 rings (SSSR count). The summed E-state index contributed by atoms with van der Waals surface area (Å²) in [4.78, 5) is 38.2. The van der Waals surface area contributed by atoms with Crippen LogP contribution in [0.3, 0.4) is 0 Å². The van der Waals surface area contributed by atoms with Crippen LogP contribution in [-0.4, -0.2) is 53.5 Å². The Bertz CT molecular complexity index is 707. The van der Waals surface area contributed by atoms with Gasteiger partial charge in [-0.2, -0.15) is 0 Å². The number of aliphatic carboxylic acids is 1. The van der Waals surface area contributed by atoms with Gasteiger partial charge in [0, 0.05) is 6.54 Å². The van der Waals surface area contributed by atoms with Crippen LogP contribution in [0.2, 0.25) is 5.02 Å². The van der Waals surface area contributed by atoms with Crippen LogP contribution in [0.25, 0.3) is 0 Å². The van der Waals surface area contributed by atoms with Crippen LogP contribution in [-0.2, 0) is 9.59 Å². The highest BCUT2D eigenvalue weighted by atomic mass is 35.5. The molecule has 1 fully saturated rings. The van der Waals surface area contributed by atoms with E-state index in [1.165, 1.54) is 18.1 Å². The summed E-state index contributed by atoms with van der Waals surface area (Å²) in [6.45, 7) is 3.96. The van der Waals surface area contributed by atoms with E-state index in [0.717, 1.165) is 0 Å². The fraction of sp³-hybridized carbons (Fsp3) is 0.500. The zero-order chi connectivity index (χ0) is 19.4. The molecule has 1 heterocycles. The van der Waals surface area contributed by atoms with Gasteiger partial charge in [-0.1, -0.05) is 31.5 Å². The fourth-order valence-corrected chi connectivity index (χ4v) is 3.33. The standard InChI is InChI=1S/C18H23ClN2O5/c1-10(2)15(17(23)21-9-5-7-12(21)18(24)25)20-16(22)11-6-4-8-13(26-3)14(11)19/h4,6,8,10,12,15H,5,7,9H2,1-3H3,(H,20,22)(H,24,25)/t12-,15-/m0/s1. The Morgan fingerprint density at radius 3 is 2.62 bits per heavy atom. The van der Waals surface area contributed by atoms with Crippen molar-refractivity contribution in [3.8, 4) is 5.75 Å². The molecule has 2 amide bonds. The van der Waals surface area contributed by atoms with E-state index >= 15 is 0 Å². The molecular weight excluding hydrogens is 360 g/mol. The van der Waals surface area contributed by atoms with Crippen molar-refractivity contribution in [2.75, 3.05) is 13.7 Å². The van der Waals surface area contributed by atoms with E-state index in [-0.39, 0.29) is 16.5 Å². The first kappa shape index (κ1) is 20.0. The van der Waals surface area contributed by atoms with Gasteiger partial charge in [0.15, 0.2) is 0 Å². The summed E-state index contributed by atoms with van der Waals surface area (Å²) in [5, 5.41) is 12.2. The molecule has 0 aliphatic carbocycles. The van der Waals surface area contributed by atoms with Gasteiger partial charge in [-0.3, -0.25) is 9.59 Å². The minimum Gasteiger partial charge on any atom is -0.495 e. The maximum atomic E-state index is 12.9. The Balaban J connectivity index is 2.22. The number of carboxylic acid groups (broad SMARTS) is 1. The number of carbonyl (C=O) groups is 3. The van der Waals surface area contributed by atoms with Crippen LogP contribution in [0.15, 0.2) is 18.2 Å². The summed E-state index contributed by atoms with van der Waals surface area (Å²) < 4.78 is 5.11. The number of carboxylic acids is 1. The number of carbonyl (C=O) groups excluding carboxylic acids is 2. The monoisotopic (exact) mass is 382 g/mol. The van der Waals surface area contributed by atoms with Gasteiger partial charge in [0.1, 0.15) is 17.8 Å². The molecule has 1 aliphatic rings. The molecule has 0 aromatic heterocycles. The van der Waals surface area contributed by atoms with Gasteiger partial charge in [0.25, 0.3) is 5.91 Å². The SMILES string of the molecule is COc1cccc(C(=O)N[C@H](C(=O)N2CCC[C@H]2C(=O)O)C(C)C)c1Cl. The van der Waals surface area contributed by atoms with Crippen LogP contribution in [0, 0.1) is 5.92 Å². The number of benzene rings is 1. The highest BCUT2D eigenvalue weighted by Gasteiger charge is 2.38. The number of hydrogen-bond donors (Lipinski definition) is 2. The number of rotatable bonds is 6. The molecule has 26 heavy (non-hydrogen) atoms. The second kappa shape index (κ2) is 8.40. The number of amides is 2. The van der Waals surface area contributed by atoms with Crippen LogP contribution in [0.1, 0.15) is 37.0 Å². The number of hydrogen-bond acceptors (Lipinski definition) is 4. The van der Waals surface area contributed by atoms with E-state index in [1.54, 1.807) is 26.0 Å². The van der Waals surface area contributed by atoms with Crippen LogP contribution in [0.5, 0.6) is 5.75 Å². The van der Waals surface area contributed by atoms with Crippen molar-refractivity contribution >= 4 is 29.4 Å². The summed E-state index contributed by atoms with van der Waals surface area (Å²) in [5.74, 6) is -1.78. The summed E-state index contributed by atoms with van der Waals surface area (Å²) in [5.41, 5.74) is 0.195. The van der Waals surface area contributed by atoms with Crippen molar-refractivity contribution in [3.63, 3.8) is 0 Å². The van der Waals surface area contributed by atoms with Crippen molar-refractivity contribution in [2.24, 2.45) is 5.92 Å². The first-order chi connectivity index (χ1) is 12.3. The molecule has 1 aliphatic heterocycles. The Morgan fingerprint density at radius 2 is 2.04 bits per heavy atom. The molecule has 7 nitrogen and oxygen atoms in total. The third kappa shape index (κ3) is 4.09. The average molecular weight is 383 g/mol. The van der Waals surface area contributed by atoms with Crippen LogP contribution in [0.4, 0.5) is 0 Å². The van der Waals surface area contributed by atoms with Crippen molar-refractivity contribution in [3.05, 3.63) is 28.8 Å². The number of methoxy groups -OCH3 is 1. The predicted molar refractivity (Wildman–Crippen MR) is 96.5 cm³/mol. The largest absolute Gasteiger partial charge is 0.495 e. The number of nitrogens with zero attached hydrogens (tertiary/aromatic N) is 1. The quantitative estimate of drug-likeness (QED) is 0.786. The Kier molecular flexibility index (Phi) is 6.47. The Labute approximate surface area is 157 Å². The van der Waals surface area contributed by atoms with Crippen LogP contribution >= 0.6 is 11.6 Å². The van der Waals surface area contributed by atoms with Crippen LogP contribution < -0.4 is 10.1 Å². The number of nitrogens with one attached hydrogen (secondary N) is 1. The minimum absolute atomic E-state index is 0.159. The number of halogens is 1. The summed E-state index contributed by atoms with van der Waals surface area (Å²) in [6, 6.07) is 3.11. The molecule has 0 spiro atoms. The molecule has 2 atom stereocenters. The predicted octanol–water partition coefficient (Wildman–Crippen LogP) is 2.18. The van der Waals surface area contributed by atoms with Gasteiger partial charge in [-0.15, -0.1) is 0 Å². The molecule has 1 aromatic carbocycles. The lowest BCUT2D eigenvalue weighted by Crippen LogP contribution is -2.53. The molecule has 2 N–H and O–H groups in total. The zero-order valence-corrected chi connectivity index (χ0v) is 15.7.